The van der Waals surface area contributed by atoms with Crippen molar-refractivity contribution in [3.05, 3.63) is 30.2 Å². The second kappa shape index (κ2) is 4.61. The molecule has 4 nitrogen and oxygen atoms in total. The Morgan fingerprint density at radius 2 is 2.06 bits per heavy atom. The van der Waals surface area contributed by atoms with Crippen LogP contribution in [-0.2, 0) is 0 Å². The van der Waals surface area contributed by atoms with Crippen molar-refractivity contribution in [3.8, 4) is 5.75 Å². The molecule has 0 spiro atoms. The molecule has 0 amide bonds. The van der Waals surface area contributed by atoms with Crippen LogP contribution >= 0.6 is 0 Å². The summed E-state index contributed by atoms with van der Waals surface area (Å²) in [4.78, 5) is 7.15. The highest BCUT2D eigenvalue weighted by Gasteiger charge is 2.21. The van der Waals surface area contributed by atoms with E-state index in [1.165, 1.54) is 25.9 Å². The van der Waals surface area contributed by atoms with Crippen LogP contribution in [0.2, 0.25) is 0 Å². The summed E-state index contributed by atoms with van der Waals surface area (Å²) in [6.07, 6.45) is 6.14. The van der Waals surface area contributed by atoms with Gasteiger partial charge in [0.05, 0.1) is 11.9 Å². The molecule has 0 radical (unpaired) electrons. The van der Waals surface area contributed by atoms with Crippen molar-refractivity contribution in [2.45, 2.75) is 25.7 Å². The predicted molar refractivity (Wildman–Crippen MR) is 70.9 cm³/mol. The monoisotopic (exact) mass is 245 g/mol. The van der Waals surface area contributed by atoms with Gasteiger partial charge in [-0.15, -0.1) is 0 Å². The van der Waals surface area contributed by atoms with E-state index in [1.807, 2.05) is 10.5 Å². The SMILES string of the molecule is CCN1CCC(c2cn3cc(O)ccc3n2)CC1. The maximum absolute atomic E-state index is 9.46. The highest BCUT2D eigenvalue weighted by atomic mass is 16.3. The molecule has 1 aliphatic heterocycles. The van der Waals surface area contributed by atoms with Crippen LogP contribution in [-0.4, -0.2) is 39.0 Å². The van der Waals surface area contributed by atoms with Gasteiger partial charge >= 0.3 is 0 Å². The van der Waals surface area contributed by atoms with E-state index in [0.717, 1.165) is 17.9 Å². The Bertz CT molecular complexity index is 541. The van der Waals surface area contributed by atoms with Crippen molar-refractivity contribution in [2.24, 2.45) is 0 Å². The molecule has 96 valence electrons. The molecule has 0 saturated carbocycles. The molecule has 1 aliphatic rings. The van der Waals surface area contributed by atoms with Crippen LogP contribution in [0.5, 0.6) is 5.75 Å². The number of hydrogen-bond donors (Lipinski definition) is 1. The largest absolute Gasteiger partial charge is 0.506 e. The molecule has 3 rings (SSSR count). The Hall–Kier alpha value is -1.55. The highest BCUT2D eigenvalue weighted by molar-refractivity contribution is 5.43. The van der Waals surface area contributed by atoms with Crippen LogP contribution in [0.25, 0.3) is 5.65 Å². The van der Waals surface area contributed by atoms with E-state index >= 15 is 0 Å². The van der Waals surface area contributed by atoms with Crippen molar-refractivity contribution in [3.63, 3.8) is 0 Å². The minimum Gasteiger partial charge on any atom is -0.506 e. The van der Waals surface area contributed by atoms with Crippen molar-refractivity contribution < 1.29 is 5.11 Å². The fourth-order valence-corrected chi connectivity index (χ4v) is 2.74. The van der Waals surface area contributed by atoms with E-state index in [-0.39, 0.29) is 5.75 Å². The van der Waals surface area contributed by atoms with Crippen molar-refractivity contribution in [1.29, 1.82) is 0 Å². The molecule has 4 heteroatoms. The molecule has 0 aliphatic carbocycles. The van der Waals surface area contributed by atoms with Gasteiger partial charge in [0.25, 0.3) is 0 Å². The fraction of sp³-hybridized carbons (Fsp3) is 0.500. The Labute approximate surface area is 107 Å². The smallest absolute Gasteiger partial charge is 0.137 e. The molecule has 18 heavy (non-hydrogen) atoms. The third-order valence-corrected chi connectivity index (χ3v) is 3.91. The van der Waals surface area contributed by atoms with Crippen LogP contribution in [0.1, 0.15) is 31.4 Å². The normalized spacial score (nSPS) is 18.5. The summed E-state index contributed by atoms with van der Waals surface area (Å²) in [6, 6.07) is 3.55. The highest BCUT2D eigenvalue weighted by Crippen LogP contribution is 2.27. The average molecular weight is 245 g/mol. The molecule has 1 N–H and O–H groups in total. The molecule has 0 atom stereocenters. The van der Waals surface area contributed by atoms with Crippen molar-refractivity contribution in [1.82, 2.24) is 14.3 Å². The van der Waals surface area contributed by atoms with Gasteiger partial charge in [0.15, 0.2) is 0 Å². The summed E-state index contributed by atoms with van der Waals surface area (Å²) in [5.41, 5.74) is 2.08. The number of aromatic nitrogens is 2. The zero-order chi connectivity index (χ0) is 12.5. The number of pyridine rings is 1. The van der Waals surface area contributed by atoms with E-state index < -0.39 is 0 Å². The Kier molecular flexibility index (Phi) is 2.96. The van der Waals surface area contributed by atoms with Crippen LogP contribution < -0.4 is 0 Å². The van der Waals surface area contributed by atoms with Crippen LogP contribution in [0.15, 0.2) is 24.5 Å². The van der Waals surface area contributed by atoms with Crippen LogP contribution in [0.3, 0.4) is 0 Å². The van der Waals surface area contributed by atoms with E-state index in [0.29, 0.717) is 5.92 Å². The van der Waals surface area contributed by atoms with Gasteiger partial charge in [-0.1, -0.05) is 6.92 Å². The maximum Gasteiger partial charge on any atom is 0.137 e. The minimum absolute atomic E-state index is 0.284. The summed E-state index contributed by atoms with van der Waals surface area (Å²) in [7, 11) is 0. The minimum atomic E-state index is 0.284. The second-order valence-corrected chi connectivity index (χ2v) is 5.03. The van der Waals surface area contributed by atoms with Crippen LogP contribution in [0, 0.1) is 0 Å². The molecule has 0 aromatic carbocycles. The van der Waals surface area contributed by atoms with Gasteiger partial charge in [0.1, 0.15) is 11.4 Å². The number of aromatic hydroxyl groups is 1. The lowest BCUT2D eigenvalue weighted by Gasteiger charge is -2.30. The van der Waals surface area contributed by atoms with E-state index in [1.54, 1.807) is 12.3 Å². The summed E-state index contributed by atoms with van der Waals surface area (Å²) < 4.78 is 1.91. The standard InChI is InChI=1S/C14H19N3O/c1-2-16-7-5-11(6-8-16)13-10-17-9-12(18)3-4-14(17)15-13/h3-4,9-11,18H,2,5-8H2,1H3. The summed E-state index contributed by atoms with van der Waals surface area (Å²) in [5, 5.41) is 9.46. The van der Waals surface area contributed by atoms with Crippen molar-refractivity contribution in [2.75, 3.05) is 19.6 Å². The van der Waals surface area contributed by atoms with E-state index in [9.17, 15) is 5.11 Å². The average Bonchev–Trinajstić information content (AvgIpc) is 2.81. The number of fused-ring (bicyclic) bond motifs is 1. The Morgan fingerprint density at radius 1 is 1.28 bits per heavy atom. The number of imidazole rings is 1. The summed E-state index contributed by atoms with van der Waals surface area (Å²) in [5.74, 6) is 0.849. The predicted octanol–water partition coefficient (Wildman–Crippen LogP) is 2.24. The van der Waals surface area contributed by atoms with Gasteiger partial charge in [0.2, 0.25) is 0 Å². The van der Waals surface area contributed by atoms with Gasteiger partial charge in [-0.3, -0.25) is 0 Å². The zero-order valence-corrected chi connectivity index (χ0v) is 10.7. The molecule has 0 unspecified atom stereocenters. The third-order valence-electron chi connectivity index (χ3n) is 3.91. The number of piperidine rings is 1. The first-order valence-electron chi connectivity index (χ1n) is 6.66. The topological polar surface area (TPSA) is 40.8 Å². The second-order valence-electron chi connectivity index (χ2n) is 5.03. The zero-order valence-electron chi connectivity index (χ0n) is 10.7. The fourth-order valence-electron chi connectivity index (χ4n) is 2.74. The van der Waals surface area contributed by atoms with E-state index in [4.69, 9.17) is 0 Å². The Balaban J connectivity index is 1.82. The molecule has 0 bridgehead atoms. The van der Waals surface area contributed by atoms with Gasteiger partial charge in [-0.05, 0) is 44.6 Å². The summed E-state index contributed by atoms with van der Waals surface area (Å²) in [6.45, 7) is 5.69. The lowest BCUT2D eigenvalue weighted by molar-refractivity contribution is 0.221. The molecule has 1 fully saturated rings. The maximum atomic E-state index is 9.46. The number of rotatable bonds is 2. The molecular formula is C14H19N3O. The first-order chi connectivity index (χ1) is 8.76. The summed E-state index contributed by atoms with van der Waals surface area (Å²) >= 11 is 0. The van der Waals surface area contributed by atoms with Gasteiger partial charge in [-0.2, -0.15) is 0 Å². The third kappa shape index (κ3) is 2.08. The van der Waals surface area contributed by atoms with E-state index in [2.05, 4.69) is 23.0 Å². The van der Waals surface area contributed by atoms with Crippen LogP contribution in [0.4, 0.5) is 0 Å². The first-order valence-corrected chi connectivity index (χ1v) is 6.66. The van der Waals surface area contributed by atoms with Gasteiger partial charge < -0.3 is 14.4 Å². The number of hydrogen-bond acceptors (Lipinski definition) is 3. The lowest BCUT2D eigenvalue weighted by Crippen LogP contribution is -2.32. The lowest BCUT2D eigenvalue weighted by atomic mass is 9.94. The van der Waals surface area contributed by atoms with Gasteiger partial charge in [-0.25, -0.2) is 4.98 Å². The molecule has 2 aromatic heterocycles. The number of nitrogens with zero attached hydrogens (tertiary/aromatic N) is 3. The van der Waals surface area contributed by atoms with Gasteiger partial charge in [0, 0.05) is 12.1 Å². The number of likely N-dealkylation sites (tertiary alicyclic amines) is 1. The molecular weight excluding hydrogens is 226 g/mol. The first kappa shape index (κ1) is 11.5. The molecule has 3 heterocycles. The van der Waals surface area contributed by atoms with Crippen molar-refractivity contribution >= 4 is 5.65 Å². The Morgan fingerprint density at radius 3 is 2.78 bits per heavy atom. The molecule has 2 aromatic rings. The quantitative estimate of drug-likeness (QED) is 0.882. The molecule has 1 saturated heterocycles.